The Bertz CT molecular complexity index is 978. The average Bonchev–Trinajstić information content (AvgIpc) is 2.61. The van der Waals surface area contributed by atoms with Crippen molar-refractivity contribution in [2.24, 2.45) is 0 Å². The number of carbonyl (C=O) groups excluding carboxylic acids is 1. The summed E-state index contributed by atoms with van der Waals surface area (Å²) in [6, 6.07) is 10.2. The van der Waals surface area contributed by atoms with Crippen molar-refractivity contribution in [3.8, 4) is 0 Å². The monoisotopic (exact) mass is 389 g/mol. The first kappa shape index (κ1) is 20.2. The molecule has 0 aromatic heterocycles. The van der Waals surface area contributed by atoms with E-state index in [0.29, 0.717) is 16.8 Å². The molecule has 0 bridgehead atoms. The maximum atomic E-state index is 12.5. The van der Waals surface area contributed by atoms with E-state index < -0.39 is 22.0 Å². The van der Waals surface area contributed by atoms with Gasteiger partial charge in [-0.05, 0) is 55.3 Å². The predicted molar refractivity (Wildman–Crippen MR) is 101 cm³/mol. The fraction of sp³-hybridized carbons (Fsp3) is 0.158. The number of ether oxygens (including phenoxy) is 1. The summed E-state index contributed by atoms with van der Waals surface area (Å²) in [5.74, 6) is -1.65. The number of hydrogen-bond acceptors (Lipinski definition) is 5. The van der Waals surface area contributed by atoms with E-state index in [1.165, 1.54) is 30.3 Å². The average molecular weight is 389 g/mol. The van der Waals surface area contributed by atoms with Crippen LogP contribution in [0, 0.1) is 6.92 Å². The number of anilines is 1. The molecule has 0 aliphatic carbocycles. The molecule has 7 nitrogen and oxygen atoms in total. The molecule has 0 amide bonds. The molecule has 0 saturated carbocycles. The zero-order chi connectivity index (χ0) is 20.0. The third-order valence-corrected chi connectivity index (χ3v) is 4.99. The first-order valence-electron chi connectivity index (χ1n) is 8.04. The second kappa shape index (κ2) is 8.50. The summed E-state index contributed by atoms with van der Waals surface area (Å²) >= 11 is 0. The number of aromatic carboxylic acids is 1. The van der Waals surface area contributed by atoms with E-state index in [4.69, 9.17) is 9.84 Å². The van der Waals surface area contributed by atoms with Crippen LogP contribution in [0.2, 0.25) is 0 Å². The van der Waals surface area contributed by atoms with Crippen LogP contribution in [0.4, 0.5) is 5.69 Å². The minimum atomic E-state index is -3.94. The van der Waals surface area contributed by atoms with Gasteiger partial charge in [0.1, 0.15) is 0 Å². The topological polar surface area (TPSA) is 110 Å². The number of aryl methyl sites for hydroxylation is 1. The molecule has 0 fully saturated rings. The molecule has 27 heavy (non-hydrogen) atoms. The van der Waals surface area contributed by atoms with Gasteiger partial charge in [-0.1, -0.05) is 18.2 Å². The Morgan fingerprint density at radius 3 is 2.41 bits per heavy atom. The van der Waals surface area contributed by atoms with Crippen molar-refractivity contribution in [1.29, 1.82) is 0 Å². The molecule has 0 saturated heterocycles. The van der Waals surface area contributed by atoms with Crippen LogP contribution < -0.4 is 4.72 Å². The van der Waals surface area contributed by atoms with Gasteiger partial charge in [-0.25, -0.2) is 18.0 Å². The van der Waals surface area contributed by atoms with Crippen molar-refractivity contribution in [3.05, 3.63) is 65.2 Å². The standard InChI is InChI=1S/C19H19NO6S/c1-3-26-18(21)11-7-14-5-8-15(9-6-14)20-27(24,25)16-10-4-13(2)17(12-16)19(22)23/h4-12,20H,3H2,1-2H3,(H,22,23). The van der Waals surface area contributed by atoms with Gasteiger partial charge < -0.3 is 9.84 Å². The highest BCUT2D eigenvalue weighted by atomic mass is 32.2. The molecule has 2 rings (SSSR count). The molecule has 0 radical (unpaired) electrons. The largest absolute Gasteiger partial charge is 0.478 e. The SMILES string of the molecule is CCOC(=O)C=Cc1ccc(NS(=O)(=O)c2ccc(C)c(C(=O)O)c2)cc1. The molecule has 0 unspecified atom stereocenters. The molecule has 2 aromatic rings. The number of benzene rings is 2. The molecule has 0 aliphatic heterocycles. The first-order chi connectivity index (χ1) is 12.7. The fourth-order valence-corrected chi connectivity index (χ4v) is 3.31. The summed E-state index contributed by atoms with van der Waals surface area (Å²) in [5, 5.41) is 9.14. The van der Waals surface area contributed by atoms with Crippen LogP contribution in [0.1, 0.15) is 28.4 Å². The first-order valence-corrected chi connectivity index (χ1v) is 9.53. The number of carboxylic acids is 1. The van der Waals surface area contributed by atoms with E-state index >= 15 is 0 Å². The Morgan fingerprint density at radius 2 is 1.81 bits per heavy atom. The van der Waals surface area contributed by atoms with Gasteiger partial charge in [0.25, 0.3) is 10.0 Å². The third-order valence-electron chi connectivity index (χ3n) is 3.61. The van der Waals surface area contributed by atoms with E-state index in [1.807, 2.05) is 0 Å². The minimum Gasteiger partial charge on any atom is -0.478 e. The second-order valence-electron chi connectivity index (χ2n) is 5.59. The molecule has 0 aliphatic rings. The van der Waals surface area contributed by atoms with Gasteiger partial charge in [-0.2, -0.15) is 0 Å². The Kier molecular flexibility index (Phi) is 6.36. The zero-order valence-corrected chi connectivity index (χ0v) is 15.6. The molecular formula is C19H19NO6S. The predicted octanol–water partition coefficient (Wildman–Crippen LogP) is 3.07. The maximum absolute atomic E-state index is 12.5. The number of rotatable bonds is 7. The maximum Gasteiger partial charge on any atom is 0.335 e. The van der Waals surface area contributed by atoms with Crippen molar-refractivity contribution in [3.63, 3.8) is 0 Å². The van der Waals surface area contributed by atoms with E-state index in [9.17, 15) is 18.0 Å². The minimum absolute atomic E-state index is 0.0719. The number of carbonyl (C=O) groups is 2. The van der Waals surface area contributed by atoms with E-state index in [1.54, 1.807) is 32.1 Å². The van der Waals surface area contributed by atoms with Crippen LogP contribution in [0.5, 0.6) is 0 Å². The molecule has 0 spiro atoms. The van der Waals surface area contributed by atoms with Gasteiger partial charge >= 0.3 is 11.9 Å². The van der Waals surface area contributed by atoms with Crippen molar-refractivity contribution >= 4 is 33.7 Å². The summed E-state index contributed by atoms with van der Waals surface area (Å²) in [6.45, 7) is 3.59. The Hall–Kier alpha value is -3.13. The summed E-state index contributed by atoms with van der Waals surface area (Å²) < 4.78 is 32.1. The summed E-state index contributed by atoms with van der Waals surface area (Å²) in [4.78, 5) is 22.3. The zero-order valence-electron chi connectivity index (χ0n) is 14.8. The van der Waals surface area contributed by atoms with Gasteiger partial charge in [-0.15, -0.1) is 0 Å². The quantitative estimate of drug-likeness (QED) is 0.556. The lowest BCUT2D eigenvalue weighted by Crippen LogP contribution is -2.14. The van der Waals surface area contributed by atoms with Crippen molar-refractivity contribution in [1.82, 2.24) is 0 Å². The summed E-state index contributed by atoms with van der Waals surface area (Å²) in [6.07, 6.45) is 2.83. The highest BCUT2D eigenvalue weighted by Crippen LogP contribution is 2.20. The van der Waals surface area contributed by atoms with Crippen LogP contribution in [-0.2, 0) is 19.6 Å². The number of esters is 1. The lowest BCUT2D eigenvalue weighted by Gasteiger charge is -2.10. The molecule has 2 aromatic carbocycles. The number of sulfonamides is 1. The molecule has 2 N–H and O–H groups in total. The van der Waals surface area contributed by atoms with Crippen LogP contribution in [0.3, 0.4) is 0 Å². The van der Waals surface area contributed by atoms with Gasteiger partial charge in [0.2, 0.25) is 0 Å². The van der Waals surface area contributed by atoms with Gasteiger partial charge in [-0.3, -0.25) is 4.72 Å². The smallest absolute Gasteiger partial charge is 0.335 e. The Balaban J connectivity index is 2.17. The Labute approximate surface area is 157 Å². The lowest BCUT2D eigenvalue weighted by molar-refractivity contribution is -0.137. The normalized spacial score (nSPS) is 11.3. The van der Waals surface area contributed by atoms with Crippen LogP contribution in [0.15, 0.2) is 53.4 Å². The van der Waals surface area contributed by atoms with Gasteiger partial charge in [0.05, 0.1) is 17.1 Å². The molecular weight excluding hydrogens is 370 g/mol. The van der Waals surface area contributed by atoms with E-state index in [2.05, 4.69) is 4.72 Å². The van der Waals surface area contributed by atoms with Crippen molar-refractivity contribution in [2.45, 2.75) is 18.7 Å². The third kappa shape index (κ3) is 5.42. The molecule has 0 heterocycles. The molecule has 0 atom stereocenters. The van der Waals surface area contributed by atoms with Crippen molar-refractivity contribution < 1.29 is 27.9 Å². The van der Waals surface area contributed by atoms with Gasteiger partial charge in [0, 0.05) is 11.8 Å². The highest BCUT2D eigenvalue weighted by Gasteiger charge is 2.17. The Morgan fingerprint density at radius 1 is 1.15 bits per heavy atom. The number of carboxylic acid groups (broad SMARTS) is 1. The van der Waals surface area contributed by atoms with Crippen LogP contribution in [-0.4, -0.2) is 32.1 Å². The van der Waals surface area contributed by atoms with Crippen LogP contribution >= 0.6 is 0 Å². The number of nitrogens with one attached hydrogen (secondary N) is 1. The molecule has 8 heteroatoms. The number of hydrogen-bond donors (Lipinski definition) is 2. The highest BCUT2D eigenvalue weighted by molar-refractivity contribution is 7.92. The van der Waals surface area contributed by atoms with E-state index in [0.717, 1.165) is 6.07 Å². The van der Waals surface area contributed by atoms with Crippen molar-refractivity contribution in [2.75, 3.05) is 11.3 Å². The van der Waals surface area contributed by atoms with E-state index in [-0.39, 0.29) is 17.1 Å². The van der Waals surface area contributed by atoms with Crippen LogP contribution in [0.25, 0.3) is 6.08 Å². The summed E-state index contributed by atoms with van der Waals surface area (Å²) in [5.41, 5.74) is 1.40. The van der Waals surface area contributed by atoms with Gasteiger partial charge in [0.15, 0.2) is 0 Å². The molecule has 142 valence electrons. The summed E-state index contributed by atoms with van der Waals surface area (Å²) in [7, 11) is -3.94. The second-order valence-corrected chi connectivity index (χ2v) is 7.28. The fourth-order valence-electron chi connectivity index (χ4n) is 2.23. The lowest BCUT2D eigenvalue weighted by atomic mass is 10.1.